The van der Waals surface area contributed by atoms with Gasteiger partial charge < -0.3 is 10.1 Å². The van der Waals surface area contributed by atoms with Gasteiger partial charge in [0.1, 0.15) is 5.75 Å². The molecule has 114 valence electrons. The van der Waals surface area contributed by atoms with Crippen LogP contribution in [0.2, 0.25) is 0 Å². The summed E-state index contributed by atoms with van der Waals surface area (Å²) in [5.41, 5.74) is 3.66. The first kappa shape index (κ1) is 15.8. The molecule has 0 atom stereocenters. The maximum atomic E-state index is 12.3. The van der Waals surface area contributed by atoms with Gasteiger partial charge in [-0.1, -0.05) is 36.8 Å². The van der Waals surface area contributed by atoms with Crippen molar-refractivity contribution in [3.63, 3.8) is 0 Å². The highest BCUT2D eigenvalue weighted by molar-refractivity contribution is 6.03. The largest absolute Gasteiger partial charge is 0.465 e. The van der Waals surface area contributed by atoms with E-state index in [4.69, 9.17) is 4.74 Å². The summed E-state index contributed by atoms with van der Waals surface area (Å²) in [7, 11) is 0. The highest BCUT2D eigenvalue weighted by Crippen LogP contribution is 2.15. The number of rotatable bonds is 5. The van der Waals surface area contributed by atoms with Gasteiger partial charge in [-0.2, -0.15) is 0 Å². The summed E-state index contributed by atoms with van der Waals surface area (Å²) in [6.45, 7) is 5.94. The molecule has 0 fully saturated rings. The fourth-order valence-corrected chi connectivity index (χ4v) is 1.97. The Hall–Kier alpha value is -2.55. The van der Waals surface area contributed by atoms with Crippen LogP contribution in [0, 0.1) is 13.8 Å². The molecule has 22 heavy (non-hydrogen) atoms. The minimum absolute atomic E-state index is 0.140. The molecule has 0 saturated heterocycles. The zero-order chi connectivity index (χ0) is 15.9. The minimum Gasteiger partial charge on any atom is -0.465 e. The van der Waals surface area contributed by atoms with Gasteiger partial charge in [-0.25, -0.2) is 0 Å². The van der Waals surface area contributed by atoms with Gasteiger partial charge in [0.05, 0.1) is 11.8 Å². The smallest absolute Gasteiger partial charge is 0.254 e. The molecule has 0 bridgehead atoms. The fraction of sp³-hybridized carbons (Fsp3) is 0.211. The first-order valence-electron chi connectivity index (χ1n) is 7.39. The van der Waals surface area contributed by atoms with E-state index in [1.165, 1.54) is 6.26 Å². The van der Waals surface area contributed by atoms with Crippen LogP contribution in [0.15, 0.2) is 60.4 Å². The molecule has 0 radical (unpaired) electrons. The summed E-state index contributed by atoms with van der Waals surface area (Å²) >= 11 is 0. The molecule has 1 N–H and O–H groups in total. The van der Waals surface area contributed by atoms with Crippen molar-refractivity contribution in [2.24, 2.45) is 0 Å². The molecule has 1 amide bonds. The summed E-state index contributed by atoms with van der Waals surface area (Å²) < 4.78 is 5.59. The van der Waals surface area contributed by atoms with Crippen molar-refractivity contribution in [1.29, 1.82) is 0 Å². The van der Waals surface area contributed by atoms with E-state index in [0.29, 0.717) is 12.0 Å². The number of ether oxygens (including phenoxy) is 1. The predicted octanol–water partition coefficient (Wildman–Crippen LogP) is 4.61. The molecule has 0 aliphatic carbocycles. The molecular weight excluding hydrogens is 274 g/mol. The molecule has 0 heterocycles. The Morgan fingerprint density at radius 1 is 1.09 bits per heavy atom. The Kier molecular flexibility index (Phi) is 5.37. The number of carbonyl (C=O) groups excluding carboxylic acids is 1. The standard InChI is InChI=1S/C19H21NO2/c1-4-16(13-22-18-7-5-6-15(3)12-18)19(21)20-17-10-8-14(2)9-11-17/h5-13H,4H2,1-3H3,(H,20,21)/b16-13+. The number of amides is 1. The first-order chi connectivity index (χ1) is 10.6. The summed E-state index contributed by atoms with van der Waals surface area (Å²) in [5, 5.41) is 2.88. The molecule has 2 aromatic rings. The van der Waals surface area contributed by atoms with Crippen LogP contribution in [-0.4, -0.2) is 5.91 Å². The van der Waals surface area contributed by atoms with Crippen molar-refractivity contribution in [3.05, 3.63) is 71.5 Å². The molecule has 2 aromatic carbocycles. The Morgan fingerprint density at radius 3 is 2.45 bits per heavy atom. The van der Waals surface area contributed by atoms with E-state index in [1.54, 1.807) is 0 Å². The van der Waals surface area contributed by atoms with E-state index in [1.807, 2.05) is 69.3 Å². The van der Waals surface area contributed by atoms with Crippen LogP contribution in [0.25, 0.3) is 0 Å². The molecule has 0 spiro atoms. The van der Waals surface area contributed by atoms with Crippen LogP contribution in [0.4, 0.5) is 5.69 Å². The average molecular weight is 295 g/mol. The SMILES string of the molecule is CC/C(=C\Oc1cccc(C)c1)C(=O)Nc1ccc(C)cc1. The second-order valence-corrected chi connectivity index (χ2v) is 5.25. The number of nitrogens with one attached hydrogen (secondary N) is 1. The molecular formula is C19H21NO2. The van der Waals surface area contributed by atoms with Crippen molar-refractivity contribution >= 4 is 11.6 Å². The van der Waals surface area contributed by atoms with Crippen LogP contribution in [0.5, 0.6) is 5.75 Å². The quantitative estimate of drug-likeness (QED) is 0.646. The highest BCUT2D eigenvalue weighted by Gasteiger charge is 2.08. The second kappa shape index (κ2) is 7.46. The van der Waals surface area contributed by atoms with E-state index in [2.05, 4.69) is 5.32 Å². The first-order valence-corrected chi connectivity index (χ1v) is 7.39. The maximum Gasteiger partial charge on any atom is 0.254 e. The molecule has 0 saturated carbocycles. The normalized spacial score (nSPS) is 11.1. The third kappa shape index (κ3) is 4.48. The minimum atomic E-state index is -0.140. The van der Waals surface area contributed by atoms with Gasteiger partial charge in [-0.05, 0) is 50.1 Å². The van der Waals surface area contributed by atoms with Gasteiger partial charge in [0.15, 0.2) is 0 Å². The van der Waals surface area contributed by atoms with Gasteiger partial charge in [0, 0.05) is 5.69 Å². The van der Waals surface area contributed by atoms with Crippen LogP contribution in [0.1, 0.15) is 24.5 Å². The molecule has 0 aliphatic rings. The van der Waals surface area contributed by atoms with E-state index in [9.17, 15) is 4.79 Å². The van der Waals surface area contributed by atoms with E-state index in [0.717, 1.165) is 22.6 Å². The predicted molar refractivity (Wildman–Crippen MR) is 90.0 cm³/mol. The monoisotopic (exact) mass is 295 g/mol. The number of carbonyl (C=O) groups is 1. The zero-order valence-electron chi connectivity index (χ0n) is 13.2. The third-order valence-electron chi connectivity index (χ3n) is 3.31. The summed E-state index contributed by atoms with van der Waals surface area (Å²) in [5.74, 6) is 0.591. The number of aryl methyl sites for hydroxylation is 2. The third-order valence-corrected chi connectivity index (χ3v) is 3.31. The highest BCUT2D eigenvalue weighted by atomic mass is 16.5. The summed E-state index contributed by atoms with van der Waals surface area (Å²) in [6, 6.07) is 15.4. The molecule has 0 unspecified atom stereocenters. The lowest BCUT2D eigenvalue weighted by Crippen LogP contribution is -2.14. The number of hydrogen-bond donors (Lipinski definition) is 1. The van der Waals surface area contributed by atoms with Crippen molar-refractivity contribution < 1.29 is 9.53 Å². The lowest BCUT2D eigenvalue weighted by atomic mass is 10.2. The van der Waals surface area contributed by atoms with Gasteiger partial charge in [-0.15, -0.1) is 0 Å². The Bertz CT molecular complexity index is 672. The molecule has 3 nitrogen and oxygen atoms in total. The molecule has 0 aromatic heterocycles. The van der Waals surface area contributed by atoms with E-state index < -0.39 is 0 Å². The Morgan fingerprint density at radius 2 is 1.82 bits per heavy atom. The number of hydrogen-bond acceptors (Lipinski definition) is 2. The van der Waals surface area contributed by atoms with Crippen LogP contribution >= 0.6 is 0 Å². The van der Waals surface area contributed by atoms with Crippen molar-refractivity contribution in [2.75, 3.05) is 5.32 Å². The lowest BCUT2D eigenvalue weighted by molar-refractivity contribution is -0.113. The molecule has 3 heteroatoms. The van der Waals surface area contributed by atoms with Crippen molar-refractivity contribution in [2.45, 2.75) is 27.2 Å². The van der Waals surface area contributed by atoms with Crippen LogP contribution in [0.3, 0.4) is 0 Å². The second-order valence-electron chi connectivity index (χ2n) is 5.25. The fourth-order valence-electron chi connectivity index (χ4n) is 1.97. The molecule has 2 rings (SSSR count). The van der Waals surface area contributed by atoms with Gasteiger partial charge >= 0.3 is 0 Å². The average Bonchev–Trinajstić information content (AvgIpc) is 2.50. The van der Waals surface area contributed by atoms with Crippen LogP contribution < -0.4 is 10.1 Å². The van der Waals surface area contributed by atoms with Gasteiger partial charge in [0.2, 0.25) is 0 Å². The van der Waals surface area contributed by atoms with E-state index in [-0.39, 0.29) is 5.91 Å². The van der Waals surface area contributed by atoms with E-state index >= 15 is 0 Å². The Labute approximate surface area is 131 Å². The Balaban J connectivity index is 2.04. The topological polar surface area (TPSA) is 38.3 Å². The summed E-state index contributed by atoms with van der Waals surface area (Å²) in [4.78, 5) is 12.3. The summed E-state index contributed by atoms with van der Waals surface area (Å²) in [6.07, 6.45) is 2.13. The van der Waals surface area contributed by atoms with Crippen LogP contribution in [-0.2, 0) is 4.79 Å². The lowest BCUT2D eigenvalue weighted by Gasteiger charge is -2.08. The van der Waals surface area contributed by atoms with Crippen molar-refractivity contribution in [3.8, 4) is 5.75 Å². The maximum absolute atomic E-state index is 12.3. The number of benzene rings is 2. The zero-order valence-corrected chi connectivity index (χ0v) is 13.2. The molecule has 0 aliphatic heterocycles. The number of anilines is 1. The van der Waals surface area contributed by atoms with Crippen molar-refractivity contribution in [1.82, 2.24) is 0 Å². The van der Waals surface area contributed by atoms with Gasteiger partial charge in [0.25, 0.3) is 5.91 Å². The van der Waals surface area contributed by atoms with Gasteiger partial charge in [-0.3, -0.25) is 4.79 Å².